The number of rotatable bonds is 4. The number of para-hydroxylation sites is 2. The van der Waals surface area contributed by atoms with Gasteiger partial charge in [-0.2, -0.15) is 5.26 Å². The molecule has 2 aromatic heterocycles. The van der Waals surface area contributed by atoms with Crippen molar-refractivity contribution in [3.8, 4) is 11.8 Å². The Morgan fingerprint density at radius 3 is 2.81 bits per heavy atom. The fraction of sp³-hybridized carbons (Fsp3) is 0.0417. The van der Waals surface area contributed by atoms with Gasteiger partial charge in [0.2, 0.25) is 0 Å². The average Bonchev–Trinajstić information content (AvgIpc) is 3.29. The Morgan fingerprint density at radius 1 is 1.13 bits per heavy atom. The van der Waals surface area contributed by atoms with Gasteiger partial charge in [0, 0.05) is 15.6 Å². The number of imidazole rings is 1. The maximum atomic E-state index is 13.1. The van der Waals surface area contributed by atoms with Gasteiger partial charge >= 0.3 is 0 Å². The molecule has 0 aliphatic rings. The molecule has 0 aliphatic heterocycles. The zero-order valence-electron chi connectivity index (χ0n) is 16.1. The summed E-state index contributed by atoms with van der Waals surface area (Å²) >= 11 is 4.85. The van der Waals surface area contributed by atoms with Crippen molar-refractivity contribution in [2.24, 2.45) is 0 Å². The summed E-state index contributed by atoms with van der Waals surface area (Å²) < 4.78 is 9.14. The number of nitrogens with zero attached hydrogens (tertiary/aromatic N) is 3. The summed E-state index contributed by atoms with van der Waals surface area (Å²) in [5.74, 6) is 0.631. The number of hydrogen-bond acceptors (Lipinski definition) is 5. The van der Waals surface area contributed by atoms with Crippen LogP contribution in [0.15, 0.2) is 76.0 Å². The molecule has 0 saturated heterocycles. The molecule has 3 aromatic carbocycles. The number of ether oxygens (including phenoxy) is 1. The van der Waals surface area contributed by atoms with Crippen molar-refractivity contribution >= 4 is 49.3 Å². The molecule has 0 spiro atoms. The zero-order valence-corrected chi connectivity index (χ0v) is 18.5. The van der Waals surface area contributed by atoms with E-state index in [1.54, 1.807) is 10.5 Å². The molecule has 5 aromatic rings. The second-order valence-corrected chi connectivity index (χ2v) is 8.80. The van der Waals surface area contributed by atoms with E-state index >= 15 is 0 Å². The van der Waals surface area contributed by atoms with E-state index in [-0.39, 0.29) is 12.2 Å². The Morgan fingerprint density at radius 2 is 1.94 bits per heavy atom. The van der Waals surface area contributed by atoms with Crippen molar-refractivity contribution < 1.29 is 4.74 Å². The molecule has 0 radical (unpaired) electrons. The minimum atomic E-state index is -0.102. The lowest BCUT2D eigenvalue weighted by atomic mass is 10.1. The average molecular weight is 488 g/mol. The van der Waals surface area contributed by atoms with Crippen LogP contribution >= 0.6 is 27.3 Å². The molecule has 0 amide bonds. The second-order valence-electron chi connectivity index (χ2n) is 6.87. The number of aromatic nitrogens is 2. The van der Waals surface area contributed by atoms with E-state index in [2.05, 4.69) is 27.0 Å². The maximum absolute atomic E-state index is 13.1. The fourth-order valence-electron chi connectivity index (χ4n) is 3.43. The SMILES string of the molecule is N#Cc1ccccc1COc1ccc(Br)cc1/C=c1\sc2nc3ccccc3n2c1=O. The molecule has 150 valence electrons. The molecule has 2 heterocycles. The van der Waals surface area contributed by atoms with E-state index in [1.807, 2.05) is 66.7 Å². The minimum Gasteiger partial charge on any atom is -0.488 e. The van der Waals surface area contributed by atoms with Crippen LogP contribution in [0.1, 0.15) is 16.7 Å². The van der Waals surface area contributed by atoms with Crippen molar-refractivity contribution in [3.63, 3.8) is 0 Å². The quantitative estimate of drug-likeness (QED) is 0.369. The highest BCUT2D eigenvalue weighted by molar-refractivity contribution is 9.10. The van der Waals surface area contributed by atoms with Crippen molar-refractivity contribution in [2.75, 3.05) is 0 Å². The van der Waals surface area contributed by atoms with Gasteiger partial charge in [0.05, 0.1) is 27.2 Å². The van der Waals surface area contributed by atoms with Gasteiger partial charge in [-0.05, 0) is 42.5 Å². The highest BCUT2D eigenvalue weighted by Crippen LogP contribution is 2.25. The number of thiazole rings is 1. The third-order valence-electron chi connectivity index (χ3n) is 4.92. The van der Waals surface area contributed by atoms with Crippen molar-refractivity contribution in [3.05, 3.63) is 103 Å². The number of hydrogen-bond donors (Lipinski definition) is 0. The Hall–Kier alpha value is -3.47. The summed E-state index contributed by atoms with van der Waals surface area (Å²) in [4.78, 5) is 18.3. The van der Waals surface area contributed by atoms with Crippen molar-refractivity contribution in [1.82, 2.24) is 9.38 Å². The molecule has 0 N–H and O–H groups in total. The smallest absolute Gasteiger partial charge is 0.274 e. The van der Waals surface area contributed by atoms with Gasteiger partial charge in [-0.15, -0.1) is 0 Å². The lowest BCUT2D eigenvalue weighted by molar-refractivity contribution is 0.305. The molecule has 0 saturated carbocycles. The van der Waals surface area contributed by atoms with Crippen molar-refractivity contribution in [2.45, 2.75) is 6.61 Å². The predicted octanol–water partition coefficient (Wildman–Crippen LogP) is 4.67. The predicted molar refractivity (Wildman–Crippen MR) is 125 cm³/mol. The molecule has 7 heteroatoms. The van der Waals surface area contributed by atoms with Crippen LogP contribution in [0.5, 0.6) is 5.75 Å². The van der Waals surface area contributed by atoms with Crippen LogP contribution in [0.25, 0.3) is 22.1 Å². The van der Waals surface area contributed by atoms with Gasteiger partial charge in [0.15, 0.2) is 4.96 Å². The van der Waals surface area contributed by atoms with Crippen LogP contribution < -0.4 is 14.8 Å². The highest BCUT2D eigenvalue weighted by atomic mass is 79.9. The molecule has 0 bridgehead atoms. The lowest BCUT2D eigenvalue weighted by Crippen LogP contribution is -2.22. The molecule has 0 fully saturated rings. The lowest BCUT2D eigenvalue weighted by Gasteiger charge is -2.10. The molecule has 0 aliphatic carbocycles. The van der Waals surface area contributed by atoms with Crippen LogP contribution in [0.4, 0.5) is 0 Å². The summed E-state index contributed by atoms with van der Waals surface area (Å²) in [5.41, 5.74) is 3.67. The molecule has 5 nitrogen and oxygen atoms in total. The van der Waals surface area contributed by atoms with Gasteiger partial charge in [-0.25, -0.2) is 9.38 Å². The van der Waals surface area contributed by atoms with Crippen LogP contribution in [-0.2, 0) is 6.61 Å². The third-order valence-corrected chi connectivity index (χ3v) is 6.39. The Kier molecular flexibility index (Phi) is 5.02. The summed E-state index contributed by atoms with van der Waals surface area (Å²) in [5, 5.41) is 9.30. The zero-order chi connectivity index (χ0) is 21.4. The highest BCUT2D eigenvalue weighted by Gasteiger charge is 2.12. The topological polar surface area (TPSA) is 67.4 Å². The van der Waals surface area contributed by atoms with Crippen LogP contribution in [0.2, 0.25) is 0 Å². The van der Waals surface area contributed by atoms with E-state index in [0.717, 1.165) is 26.6 Å². The molecular formula is C24H14BrN3O2S. The molecular weight excluding hydrogens is 474 g/mol. The first-order valence-electron chi connectivity index (χ1n) is 9.46. The first kappa shape index (κ1) is 19.5. The van der Waals surface area contributed by atoms with E-state index in [0.29, 0.717) is 20.8 Å². The monoisotopic (exact) mass is 487 g/mol. The summed E-state index contributed by atoms with van der Waals surface area (Å²) in [7, 11) is 0. The largest absolute Gasteiger partial charge is 0.488 e. The normalized spacial score (nSPS) is 11.8. The van der Waals surface area contributed by atoms with Crippen LogP contribution in [0.3, 0.4) is 0 Å². The molecule has 5 rings (SSSR count). The van der Waals surface area contributed by atoms with Crippen molar-refractivity contribution in [1.29, 1.82) is 5.26 Å². The summed E-state index contributed by atoms with van der Waals surface area (Å²) in [6, 6.07) is 22.8. The first-order valence-corrected chi connectivity index (χ1v) is 11.1. The summed E-state index contributed by atoms with van der Waals surface area (Å²) in [6.07, 6.45) is 1.83. The Balaban J connectivity index is 1.57. The molecule has 0 unspecified atom stereocenters. The van der Waals surface area contributed by atoms with E-state index in [4.69, 9.17) is 4.74 Å². The standard InChI is InChI=1S/C24H14BrN3O2S/c25-18-9-10-21(30-14-16-6-2-1-5-15(16)13-26)17(11-18)12-22-23(29)28-20-8-4-3-7-19(20)27-24(28)31-22/h1-12H,14H2/b22-12-. The first-order chi connectivity index (χ1) is 15.1. The summed E-state index contributed by atoms with van der Waals surface area (Å²) in [6.45, 7) is 0.259. The number of fused-ring (bicyclic) bond motifs is 3. The number of halogens is 1. The number of nitriles is 1. The maximum Gasteiger partial charge on any atom is 0.274 e. The third kappa shape index (κ3) is 3.61. The van der Waals surface area contributed by atoms with Gasteiger partial charge in [-0.1, -0.05) is 57.6 Å². The second kappa shape index (κ2) is 7.99. The van der Waals surface area contributed by atoms with Gasteiger partial charge in [0.25, 0.3) is 5.56 Å². The minimum absolute atomic E-state index is 0.102. The van der Waals surface area contributed by atoms with E-state index in [9.17, 15) is 10.1 Å². The van der Waals surface area contributed by atoms with Gasteiger partial charge < -0.3 is 4.74 Å². The van der Waals surface area contributed by atoms with E-state index < -0.39 is 0 Å². The molecule has 0 atom stereocenters. The molecule has 31 heavy (non-hydrogen) atoms. The Bertz CT molecular complexity index is 1600. The van der Waals surface area contributed by atoms with Gasteiger partial charge in [0.1, 0.15) is 12.4 Å². The Labute approximate surface area is 189 Å². The number of benzene rings is 3. The van der Waals surface area contributed by atoms with Crippen LogP contribution in [-0.4, -0.2) is 9.38 Å². The van der Waals surface area contributed by atoms with Gasteiger partial charge in [-0.3, -0.25) is 4.79 Å². The van der Waals surface area contributed by atoms with Crippen LogP contribution in [0, 0.1) is 11.3 Å². The fourth-order valence-corrected chi connectivity index (χ4v) is 4.78. The van der Waals surface area contributed by atoms with E-state index in [1.165, 1.54) is 11.3 Å².